The molecule has 0 bridgehead atoms. The molecule has 1 fully saturated rings. The number of nitrogens with zero attached hydrogens (tertiary/aromatic N) is 1. The molecule has 1 unspecified atom stereocenters. The van der Waals surface area contributed by atoms with Crippen LogP contribution >= 0.6 is 0 Å². The van der Waals surface area contributed by atoms with Gasteiger partial charge in [-0.2, -0.15) is 8.78 Å². The Balaban J connectivity index is 2.77. The van der Waals surface area contributed by atoms with Crippen LogP contribution in [0.15, 0.2) is 0 Å². The van der Waals surface area contributed by atoms with Gasteiger partial charge in [0, 0.05) is 12.6 Å². The predicted molar refractivity (Wildman–Crippen MR) is 47.9 cm³/mol. The SMILES string of the molecule is O=C(O)CC1CCCN1C(=O)C(F)(F)C(F)F. The van der Waals surface area contributed by atoms with Crippen LogP contribution in [0.25, 0.3) is 0 Å². The summed E-state index contributed by atoms with van der Waals surface area (Å²) >= 11 is 0. The Labute approximate surface area is 94.2 Å². The normalized spacial score (nSPS) is 21.0. The molecule has 1 aliphatic rings. The van der Waals surface area contributed by atoms with E-state index in [-0.39, 0.29) is 13.0 Å². The number of aliphatic carboxylic acids is 1. The van der Waals surface area contributed by atoms with Crippen LogP contribution in [0.3, 0.4) is 0 Å². The first-order valence-electron chi connectivity index (χ1n) is 4.95. The molecule has 0 saturated carbocycles. The molecular formula is C9H11F4NO3. The Kier molecular flexibility index (Phi) is 3.94. The van der Waals surface area contributed by atoms with Crippen molar-refractivity contribution in [2.24, 2.45) is 0 Å². The molecule has 4 nitrogen and oxygen atoms in total. The van der Waals surface area contributed by atoms with E-state index < -0.39 is 36.7 Å². The van der Waals surface area contributed by atoms with Gasteiger partial charge in [-0.05, 0) is 12.8 Å². The molecule has 0 aromatic heterocycles. The number of carboxylic acid groups (broad SMARTS) is 1. The van der Waals surface area contributed by atoms with Crippen LogP contribution in [0.5, 0.6) is 0 Å². The standard InChI is InChI=1S/C9H11F4NO3/c10-7(11)9(12,13)8(17)14-3-1-2-5(14)4-6(15)16/h5,7H,1-4H2,(H,15,16). The highest BCUT2D eigenvalue weighted by molar-refractivity contribution is 5.85. The van der Waals surface area contributed by atoms with Gasteiger partial charge in [0.2, 0.25) is 0 Å². The first kappa shape index (κ1) is 13.7. The highest BCUT2D eigenvalue weighted by atomic mass is 19.3. The summed E-state index contributed by atoms with van der Waals surface area (Å²) in [4.78, 5) is 22.2. The molecule has 0 radical (unpaired) electrons. The van der Waals surface area contributed by atoms with Crippen LogP contribution in [0.4, 0.5) is 17.6 Å². The molecule has 8 heteroatoms. The smallest absolute Gasteiger partial charge is 0.383 e. The minimum absolute atomic E-state index is 0.112. The lowest BCUT2D eigenvalue weighted by Crippen LogP contribution is -2.49. The summed E-state index contributed by atoms with van der Waals surface area (Å²) in [5, 5.41) is 8.51. The summed E-state index contributed by atoms with van der Waals surface area (Å²) < 4.78 is 49.6. The van der Waals surface area contributed by atoms with Gasteiger partial charge in [-0.1, -0.05) is 0 Å². The highest BCUT2D eigenvalue weighted by Crippen LogP contribution is 2.30. The fourth-order valence-corrected chi connectivity index (χ4v) is 1.80. The van der Waals surface area contributed by atoms with E-state index in [4.69, 9.17) is 5.11 Å². The zero-order valence-corrected chi connectivity index (χ0v) is 8.71. The minimum Gasteiger partial charge on any atom is -0.481 e. The van der Waals surface area contributed by atoms with Gasteiger partial charge in [-0.3, -0.25) is 9.59 Å². The number of carbonyl (C=O) groups excluding carboxylic acids is 1. The lowest BCUT2D eigenvalue weighted by molar-refractivity contribution is -0.181. The lowest BCUT2D eigenvalue weighted by atomic mass is 10.1. The average molecular weight is 257 g/mol. The fraction of sp³-hybridized carbons (Fsp3) is 0.778. The van der Waals surface area contributed by atoms with E-state index >= 15 is 0 Å². The Morgan fingerprint density at radius 2 is 2.00 bits per heavy atom. The molecule has 0 aromatic carbocycles. The lowest BCUT2D eigenvalue weighted by Gasteiger charge is -2.27. The van der Waals surface area contributed by atoms with E-state index in [1.165, 1.54) is 0 Å². The zero-order chi connectivity index (χ0) is 13.2. The van der Waals surface area contributed by atoms with Crippen molar-refractivity contribution in [3.8, 4) is 0 Å². The number of hydrogen-bond acceptors (Lipinski definition) is 2. The molecule has 1 heterocycles. The first-order valence-corrected chi connectivity index (χ1v) is 4.95. The van der Waals surface area contributed by atoms with E-state index in [9.17, 15) is 27.2 Å². The van der Waals surface area contributed by atoms with E-state index in [1.807, 2.05) is 0 Å². The second-order valence-electron chi connectivity index (χ2n) is 3.82. The summed E-state index contributed by atoms with van der Waals surface area (Å²) in [6.45, 7) is -0.112. The quantitative estimate of drug-likeness (QED) is 0.773. The molecule has 1 amide bonds. The second kappa shape index (κ2) is 4.89. The van der Waals surface area contributed by atoms with Gasteiger partial charge < -0.3 is 10.0 Å². The summed E-state index contributed by atoms with van der Waals surface area (Å²) in [6.07, 6.45) is -4.02. The minimum atomic E-state index is -4.75. The average Bonchev–Trinajstić information content (AvgIpc) is 2.63. The van der Waals surface area contributed by atoms with Crippen LogP contribution in [-0.2, 0) is 9.59 Å². The van der Waals surface area contributed by atoms with Crippen molar-refractivity contribution in [1.29, 1.82) is 0 Å². The topological polar surface area (TPSA) is 57.6 Å². The zero-order valence-electron chi connectivity index (χ0n) is 8.71. The fourth-order valence-electron chi connectivity index (χ4n) is 1.80. The van der Waals surface area contributed by atoms with Gasteiger partial charge in [-0.15, -0.1) is 0 Å². The second-order valence-corrected chi connectivity index (χ2v) is 3.82. The van der Waals surface area contributed by atoms with Crippen molar-refractivity contribution in [2.45, 2.75) is 37.7 Å². The molecule has 1 saturated heterocycles. The van der Waals surface area contributed by atoms with Crippen molar-refractivity contribution in [3.05, 3.63) is 0 Å². The van der Waals surface area contributed by atoms with Gasteiger partial charge in [0.1, 0.15) is 0 Å². The Morgan fingerprint density at radius 3 is 2.47 bits per heavy atom. The van der Waals surface area contributed by atoms with Gasteiger partial charge in [0.15, 0.2) is 0 Å². The summed E-state index contributed by atoms with van der Waals surface area (Å²) in [6, 6.07) is -0.926. The van der Waals surface area contributed by atoms with Crippen molar-refractivity contribution >= 4 is 11.9 Å². The summed E-state index contributed by atoms with van der Waals surface area (Å²) in [5.74, 6) is -7.99. The van der Waals surface area contributed by atoms with Gasteiger partial charge in [0.25, 0.3) is 5.91 Å². The van der Waals surface area contributed by atoms with Crippen molar-refractivity contribution in [1.82, 2.24) is 4.90 Å². The number of rotatable bonds is 4. The van der Waals surface area contributed by atoms with E-state index in [2.05, 4.69) is 0 Å². The maximum Gasteiger partial charge on any atom is 0.383 e. The molecule has 0 aliphatic carbocycles. The van der Waals surface area contributed by atoms with Crippen molar-refractivity contribution in [2.75, 3.05) is 6.54 Å². The molecule has 1 aliphatic heterocycles. The first-order chi connectivity index (χ1) is 7.76. The maximum absolute atomic E-state index is 12.8. The van der Waals surface area contributed by atoms with Crippen molar-refractivity contribution < 1.29 is 32.3 Å². The van der Waals surface area contributed by atoms with E-state index in [1.54, 1.807) is 0 Å². The summed E-state index contributed by atoms with van der Waals surface area (Å²) in [5.41, 5.74) is 0. The molecule has 1 atom stereocenters. The highest BCUT2D eigenvalue weighted by Gasteiger charge is 2.53. The third kappa shape index (κ3) is 2.86. The number of carboxylic acids is 1. The Morgan fingerprint density at radius 1 is 1.41 bits per heavy atom. The molecule has 0 aromatic rings. The largest absolute Gasteiger partial charge is 0.481 e. The number of carbonyl (C=O) groups is 2. The number of hydrogen-bond donors (Lipinski definition) is 1. The monoisotopic (exact) mass is 257 g/mol. The molecule has 1 N–H and O–H groups in total. The van der Waals surface area contributed by atoms with E-state index in [0.717, 1.165) is 0 Å². The Hall–Kier alpha value is -1.34. The number of amides is 1. The van der Waals surface area contributed by atoms with Crippen molar-refractivity contribution in [3.63, 3.8) is 0 Å². The Bertz CT molecular complexity index is 321. The third-order valence-electron chi connectivity index (χ3n) is 2.61. The molecule has 1 rings (SSSR count). The van der Waals surface area contributed by atoms with Crippen LogP contribution in [0, 0.1) is 0 Å². The molecular weight excluding hydrogens is 246 g/mol. The maximum atomic E-state index is 12.8. The van der Waals surface area contributed by atoms with Gasteiger partial charge in [-0.25, -0.2) is 8.78 Å². The summed E-state index contributed by atoms with van der Waals surface area (Å²) in [7, 11) is 0. The third-order valence-corrected chi connectivity index (χ3v) is 2.61. The molecule has 98 valence electrons. The van der Waals surface area contributed by atoms with Crippen LogP contribution in [0.2, 0.25) is 0 Å². The number of halogens is 4. The van der Waals surface area contributed by atoms with Gasteiger partial charge >= 0.3 is 18.3 Å². The molecule has 0 spiro atoms. The van der Waals surface area contributed by atoms with Crippen LogP contribution in [0.1, 0.15) is 19.3 Å². The van der Waals surface area contributed by atoms with Crippen LogP contribution in [-0.4, -0.2) is 46.8 Å². The number of likely N-dealkylation sites (tertiary alicyclic amines) is 1. The molecule has 17 heavy (non-hydrogen) atoms. The predicted octanol–water partition coefficient (Wildman–Crippen LogP) is 1.35. The number of alkyl halides is 4. The van der Waals surface area contributed by atoms with Gasteiger partial charge in [0.05, 0.1) is 6.42 Å². The van der Waals surface area contributed by atoms with E-state index in [0.29, 0.717) is 11.3 Å². The van der Waals surface area contributed by atoms with Crippen LogP contribution < -0.4 is 0 Å².